The lowest BCUT2D eigenvalue weighted by Gasteiger charge is -2.44. The first kappa shape index (κ1) is 17.8. The number of ether oxygens (including phenoxy) is 1. The van der Waals surface area contributed by atoms with E-state index in [2.05, 4.69) is 18.7 Å². The van der Waals surface area contributed by atoms with Gasteiger partial charge in [-0.2, -0.15) is 0 Å². The van der Waals surface area contributed by atoms with Crippen molar-refractivity contribution in [1.29, 1.82) is 0 Å². The van der Waals surface area contributed by atoms with Crippen molar-refractivity contribution in [1.82, 2.24) is 9.80 Å². The molecule has 3 aliphatic rings. The molecule has 1 aromatic rings. The second-order valence-electron chi connectivity index (χ2n) is 8.02. The molecule has 7 heteroatoms. The number of sulfone groups is 1. The molecule has 2 saturated heterocycles. The number of carbonyl (C=O) groups is 1. The highest BCUT2D eigenvalue weighted by atomic mass is 32.2. The van der Waals surface area contributed by atoms with Crippen LogP contribution in [0.4, 0.5) is 0 Å². The zero-order valence-electron chi connectivity index (χ0n) is 15.3. The van der Waals surface area contributed by atoms with Gasteiger partial charge in [0.05, 0.1) is 24.2 Å². The van der Waals surface area contributed by atoms with E-state index in [0.717, 1.165) is 30.8 Å². The van der Waals surface area contributed by atoms with Gasteiger partial charge in [-0.3, -0.25) is 9.69 Å². The molecule has 0 aliphatic carbocycles. The van der Waals surface area contributed by atoms with Crippen LogP contribution in [0, 0.1) is 5.92 Å². The Morgan fingerprint density at radius 2 is 2.00 bits per heavy atom. The monoisotopic (exact) mass is 378 g/mol. The smallest absolute Gasteiger partial charge is 0.254 e. The van der Waals surface area contributed by atoms with E-state index >= 15 is 0 Å². The first-order valence-corrected chi connectivity index (χ1v) is 11.2. The molecule has 26 heavy (non-hydrogen) atoms. The van der Waals surface area contributed by atoms with Gasteiger partial charge in [0.1, 0.15) is 5.75 Å². The lowest BCUT2D eigenvalue weighted by atomic mass is 10.0. The summed E-state index contributed by atoms with van der Waals surface area (Å²) in [5.74, 6) is 1.50. The molecule has 4 rings (SSSR count). The molecule has 0 aromatic heterocycles. The Morgan fingerprint density at radius 1 is 1.23 bits per heavy atom. The number of nitrogens with zero attached hydrogens (tertiary/aromatic N) is 2. The summed E-state index contributed by atoms with van der Waals surface area (Å²) in [6.45, 7) is 7.12. The number of amides is 1. The maximum Gasteiger partial charge on any atom is 0.254 e. The van der Waals surface area contributed by atoms with Gasteiger partial charge < -0.3 is 9.64 Å². The minimum absolute atomic E-state index is 0.0593. The fraction of sp³-hybridized carbons (Fsp3) is 0.632. The molecule has 2 atom stereocenters. The van der Waals surface area contributed by atoms with Gasteiger partial charge in [-0.25, -0.2) is 8.42 Å². The Kier molecular flexibility index (Phi) is 4.47. The lowest BCUT2D eigenvalue weighted by Crippen LogP contribution is -2.61. The molecule has 1 amide bonds. The van der Waals surface area contributed by atoms with Crippen LogP contribution in [0.5, 0.6) is 5.75 Å². The van der Waals surface area contributed by atoms with E-state index in [4.69, 9.17) is 4.74 Å². The second-order valence-corrected chi connectivity index (χ2v) is 10.2. The minimum atomic E-state index is -3.11. The van der Waals surface area contributed by atoms with Gasteiger partial charge in [-0.1, -0.05) is 13.8 Å². The fourth-order valence-corrected chi connectivity index (χ4v) is 6.47. The highest BCUT2D eigenvalue weighted by molar-refractivity contribution is 7.91. The van der Waals surface area contributed by atoms with E-state index in [9.17, 15) is 13.2 Å². The van der Waals surface area contributed by atoms with Crippen LogP contribution < -0.4 is 4.74 Å². The number of hydrogen-bond donors (Lipinski definition) is 0. The number of piperazine rings is 1. The summed E-state index contributed by atoms with van der Waals surface area (Å²) in [6.07, 6.45) is 0.819. The van der Waals surface area contributed by atoms with Gasteiger partial charge >= 0.3 is 0 Å². The number of carbonyl (C=O) groups excluding carboxylic acids is 1. The third kappa shape index (κ3) is 3.22. The van der Waals surface area contributed by atoms with Crippen molar-refractivity contribution in [3.05, 3.63) is 29.3 Å². The molecule has 3 heterocycles. The van der Waals surface area contributed by atoms with Gasteiger partial charge in [0.2, 0.25) is 0 Å². The van der Waals surface area contributed by atoms with Gasteiger partial charge in [0.25, 0.3) is 5.91 Å². The van der Waals surface area contributed by atoms with Crippen molar-refractivity contribution in [2.45, 2.75) is 32.4 Å². The summed E-state index contributed by atoms with van der Waals surface area (Å²) in [6, 6.07) is 5.23. The van der Waals surface area contributed by atoms with E-state index in [1.165, 1.54) is 0 Å². The van der Waals surface area contributed by atoms with Crippen molar-refractivity contribution in [3.63, 3.8) is 0 Å². The highest BCUT2D eigenvalue weighted by Gasteiger charge is 2.48. The van der Waals surface area contributed by atoms with Crippen LogP contribution in [0.25, 0.3) is 0 Å². The molecule has 0 N–H and O–H groups in total. The Labute approximate surface area is 155 Å². The predicted octanol–water partition coefficient (Wildman–Crippen LogP) is 1.20. The SMILES string of the molecule is CC(C)CN1CCN(C(=O)c2ccc3c(c2)CCO3)[C@@H]2CS(=O)(=O)C[C@@H]21. The summed E-state index contributed by atoms with van der Waals surface area (Å²) >= 11 is 0. The summed E-state index contributed by atoms with van der Waals surface area (Å²) in [5.41, 5.74) is 1.69. The highest BCUT2D eigenvalue weighted by Crippen LogP contribution is 2.31. The quantitative estimate of drug-likeness (QED) is 0.791. The van der Waals surface area contributed by atoms with Crippen molar-refractivity contribution in [3.8, 4) is 5.75 Å². The molecule has 0 saturated carbocycles. The number of benzene rings is 1. The van der Waals surface area contributed by atoms with Gasteiger partial charge in [-0.05, 0) is 29.7 Å². The Balaban J connectivity index is 1.59. The molecule has 2 fully saturated rings. The third-order valence-electron chi connectivity index (χ3n) is 5.59. The molecule has 0 unspecified atom stereocenters. The topological polar surface area (TPSA) is 66.9 Å². The summed E-state index contributed by atoms with van der Waals surface area (Å²) < 4.78 is 30.1. The second kappa shape index (κ2) is 6.53. The molecule has 0 bridgehead atoms. The Morgan fingerprint density at radius 3 is 2.77 bits per heavy atom. The van der Waals surface area contributed by atoms with Crippen LogP contribution in [-0.4, -0.2) is 74.0 Å². The summed E-state index contributed by atoms with van der Waals surface area (Å²) in [7, 11) is -3.11. The van der Waals surface area contributed by atoms with E-state index in [0.29, 0.717) is 24.6 Å². The minimum Gasteiger partial charge on any atom is -0.493 e. The zero-order valence-corrected chi connectivity index (χ0v) is 16.2. The molecule has 142 valence electrons. The number of fused-ring (bicyclic) bond motifs is 2. The van der Waals surface area contributed by atoms with Crippen molar-refractivity contribution in [2.24, 2.45) is 5.92 Å². The number of hydrogen-bond acceptors (Lipinski definition) is 5. The molecular weight excluding hydrogens is 352 g/mol. The van der Waals surface area contributed by atoms with E-state index in [1.54, 1.807) is 11.0 Å². The zero-order chi connectivity index (χ0) is 18.5. The number of rotatable bonds is 3. The van der Waals surface area contributed by atoms with Crippen LogP contribution in [0.3, 0.4) is 0 Å². The van der Waals surface area contributed by atoms with Crippen molar-refractivity contribution in [2.75, 3.05) is 37.7 Å². The summed E-state index contributed by atoms with van der Waals surface area (Å²) in [5, 5.41) is 0. The van der Waals surface area contributed by atoms with Crippen LogP contribution in [-0.2, 0) is 16.3 Å². The Bertz CT molecular complexity index is 821. The third-order valence-corrected chi connectivity index (χ3v) is 7.29. The largest absolute Gasteiger partial charge is 0.493 e. The molecule has 0 radical (unpaired) electrons. The first-order valence-electron chi connectivity index (χ1n) is 9.35. The fourth-order valence-electron chi connectivity index (χ4n) is 4.46. The van der Waals surface area contributed by atoms with Crippen molar-refractivity contribution >= 4 is 15.7 Å². The Hall–Kier alpha value is -1.60. The average Bonchev–Trinajstić information content (AvgIpc) is 3.16. The maximum atomic E-state index is 13.2. The van der Waals surface area contributed by atoms with Gasteiger partial charge in [0.15, 0.2) is 9.84 Å². The van der Waals surface area contributed by atoms with E-state index in [-0.39, 0.29) is 29.5 Å². The van der Waals surface area contributed by atoms with Crippen LogP contribution >= 0.6 is 0 Å². The standard InChI is InChI=1S/C19H26N2O4S/c1-13(2)10-20-6-7-21(17-12-26(23,24)11-16(17)20)19(22)15-3-4-18-14(9-15)5-8-25-18/h3-4,9,13,16-17H,5-8,10-12H2,1-2H3/t16-,17+/m0/s1. The van der Waals surface area contributed by atoms with Crippen LogP contribution in [0.15, 0.2) is 18.2 Å². The summed E-state index contributed by atoms with van der Waals surface area (Å²) in [4.78, 5) is 17.2. The van der Waals surface area contributed by atoms with Gasteiger partial charge in [0, 0.05) is 37.7 Å². The normalized spacial score (nSPS) is 27.3. The molecular formula is C19H26N2O4S. The molecule has 6 nitrogen and oxygen atoms in total. The molecule has 1 aromatic carbocycles. The predicted molar refractivity (Wildman–Crippen MR) is 99.3 cm³/mol. The average molecular weight is 378 g/mol. The van der Waals surface area contributed by atoms with E-state index < -0.39 is 9.84 Å². The van der Waals surface area contributed by atoms with Crippen LogP contribution in [0.2, 0.25) is 0 Å². The van der Waals surface area contributed by atoms with Crippen LogP contribution in [0.1, 0.15) is 29.8 Å². The maximum absolute atomic E-state index is 13.2. The van der Waals surface area contributed by atoms with Crippen molar-refractivity contribution < 1.29 is 17.9 Å². The van der Waals surface area contributed by atoms with Gasteiger partial charge in [-0.15, -0.1) is 0 Å². The first-order chi connectivity index (χ1) is 12.3. The lowest BCUT2D eigenvalue weighted by molar-refractivity contribution is 0.0297. The molecule has 0 spiro atoms. The molecule has 3 aliphatic heterocycles. The van der Waals surface area contributed by atoms with E-state index in [1.807, 2.05) is 12.1 Å².